The normalized spacial score (nSPS) is 12.9. The van der Waals surface area contributed by atoms with E-state index in [9.17, 15) is 4.79 Å². The van der Waals surface area contributed by atoms with Crippen molar-refractivity contribution >= 4 is 6.08 Å². The van der Waals surface area contributed by atoms with Gasteiger partial charge in [-0.15, -0.1) is 0 Å². The number of nitrogens with zero attached hydrogens (tertiary/aromatic N) is 1. The maximum atomic E-state index is 9.71. The minimum Gasteiger partial charge on any atom is -0.211 e. The van der Waals surface area contributed by atoms with E-state index in [1.807, 2.05) is 6.92 Å². The fraction of sp³-hybridized carbons (Fsp3) is 0.857. The molecular formula is C7H13NO. The van der Waals surface area contributed by atoms with Crippen LogP contribution in [-0.2, 0) is 4.79 Å². The fourth-order valence-electron chi connectivity index (χ4n) is 0.825. The highest BCUT2D eigenvalue weighted by Gasteiger charge is 2.00. The quantitative estimate of drug-likeness (QED) is 0.419. The van der Waals surface area contributed by atoms with Crippen LogP contribution in [0.25, 0.3) is 0 Å². The maximum Gasteiger partial charge on any atom is 0.235 e. The third kappa shape index (κ3) is 5.25. The molecule has 0 aliphatic carbocycles. The average molecular weight is 127 g/mol. The molecule has 0 rings (SSSR count). The molecule has 0 N–H and O–H groups in total. The Bertz CT molecular complexity index is 114. The largest absolute Gasteiger partial charge is 0.235 e. The molecule has 0 heterocycles. The molecule has 0 aromatic heterocycles. The summed E-state index contributed by atoms with van der Waals surface area (Å²) in [6.45, 7) is 6.14. The van der Waals surface area contributed by atoms with Crippen LogP contribution in [0.5, 0.6) is 0 Å². The van der Waals surface area contributed by atoms with Crippen LogP contribution in [0.4, 0.5) is 0 Å². The zero-order valence-corrected chi connectivity index (χ0v) is 6.22. The first-order valence-corrected chi connectivity index (χ1v) is 3.23. The van der Waals surface area contributed by atoms with Crippen LogP contribution in [0.2, 0.25) is 0 Å². The van der Waals surface area contributed by atoms with Gasteiger partial charge in [-0.05, 0) is 19.3 Å². The molecule has 0 unspecified atom stereocenters. The van der Waals surface area contributed by atoms with Crippen molar-refractivity contribution in [2.75, 3.05) is 0 Å². The van der Waals surface area contributed by atoms with Crippen LogP contribution in [-0.4, -0.2) is 12.1 Å². The second-order valence-corrected chi connectivity index (χ2v) is 2.70. The molecule has 0 radical (unpaired) electrons. The van der Waals surface area contributed by atoms with Gasteiger partial charge in [0.05, 0.1) is 6.04 Å². The Kier molecular flexibility index (Phi) is 3.98. The van der Waals surface area contributed by atoms with Crippen molar-refractivity contribution in [1.29, 1.82) is 0 Å². The van der Waals surface area contributed by atoms with Crippen LogP contribution < -0.4 is 0 Å². The summed E-state index contributed by atoms with van der Waals surface area (Å²) in [4.78, 5) is 13.3. The molecule has 2 heteroatoms. The number of hydrogen-bond acceptors (Lipinski definition) is 2. The Morgan fingerprint density at radius 1 is 1.44 bits per heavy atom. The Morgan fingerprint density at radius 2 is 2.00 bits per heavy atom. The van der Waals surface area contributed by atoms with Gasteiger partial charge < -0.3 is 0 Å². The first kappa shape index (κ1) is 8.38. The summed E-state index contributed by atoms with van der Waals surface area (Å²) in [5.41, 5.74) is 0. The molecule has 52 valence electrons. The van der Waals surface area contributed by atoms with Crippen molar-refractivity contribution in [1.82, 2.24) is 0 Å². The van der Waals surface area contributed by atoms with Gasteiger partial charge in [-0.1, -0.05) is 13.8 Å². The molecule has 0 bridgehead atoms. The lowest BCUT2D eigenvalue weighted by Gasteiger charge is -2.05. The summed E-state index contributed by atoms with van der Waals surface area (Å²) < 4.78 is 0. The minimum absolute atomic E-state index is 0.141. The van der Waals surface area contributed by atoms with Gasteiger partial charge in [0, 0.05) is 0 Å². The molecule has 0 aromatic carbocycles. The smallest absolute Gasteiger partial charge is 0.211 e. The second-order valence-electron chi connectivity index (χ2n) is 2.70. The lowest BCUT2D eigenvalue weighted by molar-refractivity contribution is 0.511. The van der Waals surface area contributed by atoms with Crippen LogP contribution >= 0.6 is 0 Å². The number of isocyanates is 1. The molecular weight excluding hydrogens is 114 g/mol. The topological polar surface area (TPSA) is 29.4 Å². The third-order valence-corrected chi connectivity index (χ3v) is 1.09. The maximum absolute atomic E-state index is 9.71. The van der Waals surface area contributed by atoms with Crippen molar-refractivity contribution in [3.8, 4) is 0 Å². The number of aliphatic imine (C=N–C) groups is 1. The highest BCUT2D eigenvalue weighted by Crippen LogP contribution is 2.05. The molecule has 0 amide bonds. The number of rotatable bonds is 3. The van der Waals surface area contributed by atoms with Crippen molar-refractivity contribution in [2.24, 2.45) is 10.9 Å². The standard InChI is InChI=1S/C7H13NO/c1-6(2)4-7(3)8-5-9/h6-7H,4H2,1-3H3/t7-/m1/s1. The molecule has 0 saturated heterocycles. The molecule has 0 fully saturated rings. The SMILES string of the molecule is CC(C)C[C@@H](C)N=C=O. The van der Waals surface area contributed by atoms with Crippen LogP contribution in [0, 0.1) is 5.92 Å². The first-order valence-electron chi connectivity index (χ1n) is 3.23. The molecule has 0 aliphatic heterocycles. The Labute approximate surface area is 56.0 Å². The summed E-state index contributed by atoms with van der Waals surface area (Å²) in [6.07, 6.45) is 2.52. The summed E-state index contributed by atoms with van der Waals surface area (Å²) in [5, 5.41) is 0. The van der Waals surface area contributed by atoms with Crippen LogP contribution in [0.1, 0.15) is 27.2 Å². The zero-order chi connectivity index (χ0) is 7.28. The predicted molar refractivity (Wildman–Crippen MR) is 37.0 cm³/mol. The molecule has 0 aliphatic rings. The highest BCUT2D eigenvalue weighted by atomic mass is 16.1. The summed E-state index contributed by atoms with van der Waals surface area (Å²) in [5.74, 6) is 0.608. The fourth-order valence-corrected chi connectivity index (χ4v) is 0.825. The van der Waals surface area contributed by atoms with E-state index >= 15 is 0 Å². The summed E-state index contributed by atoms with van der Waals surface area (Å²) in [7, 11) is 0. The third-order valence-electron chi connectivity index (χ3n) is 1.09. The molecule has 0 aromatic rings. The van der Waals surface area contributed by atoms with E-state index in [2.05, 4.69) is 18.8 Å². The summed E-state index contributed by atoms with van der Waals surface area (Å²) >= 11 is 0. The Hall–Kier alpha value is -0.620. The molecule has 2 nitrogen and oxygen atoms in total. The molecule has 9 heavy (non-hydrogen) atoms. The van der Waals surface area contributed by atoms with E-state index in [4.69, 9.17) is 0 Å². The van der Waals surface area contributed by atoms with Crippen LogP contribution in [0.15, 0.2) is 4.99 Å². The van der Waals surface area contributed by atoms with Gasteiger partial charge >= 0.3 is 0 Å². The predicted octanol–water partition coefficient (Wildman–Crippen LogP) is 1.76. The van der Waals surface area contributed by atoms with E-state index in [1.54, 1.807) is 6.08 Å². The van der Waals surface area contributed by atoms with Crippen molar-refractivity contribution < 1.29 is 4.79 Å². The highest BCUT2D eigenvalue weighted by molar-refractivity contribution is 5.33. The van der Waals surface area contributed by atoms with E-state index in [-0.39, 0.29) is 6.04 Å². The van der Waals surface area contributed by atoms with Crippen molar-refractivity contribution in [2.45, 2.75) is 33.2 Å². The Balaban J connectivity index is 3.49. The van der Waals surface area contributed by atoms with Crippen LogP contribution in [0.3, 0.4) is 0 Å². The first-order chi connectivity index (χ1) is 4.16. The van der Waals surface area contributed by atoms with Crippen molar-refractivity contribution in [3.63, 3.8) is 0 Å². The van der Waals surface area contributed by atoms with Gasteiger partial charge in [-0.25, -0.2) is 9.79 Å². The molecule has 0 saturated carbocycles. The van der Waals surface area contributed by atoms with Gasteiger partial charge in [0.2, 0.25) is 6.08 Å². The number of carbonyl (C=O) groups excluding carboxylic acids is 1. The van der Waals surface area contributed by atoms with Gasteiger partial charge in [-0.2, -0.15) is 0 Å². The number of hydrogen-bond donors (Lipinski definition) is 0. The molecule has 1 atom stereocenters. The zero-order valence-electron chi connectivity index (χ0n) is 6.22. The van der Waals surface area contributed by atoms with E-state index in [0.29, 0.717) is 5.92 Å². The van der Waals surface area contributed by atoms with E-state index < -0.39 is 0 Å². The van der Waals surface area contributed by atoms with Gasteiger partial charge in [-0.3, -0.25) is 0 Å². The monoisotopic (exact) mass is 127 g/mol. The molecule has 0 spiro atoms. The van der Waals surface area contributed by atoms with Gasteiger partial charge in [0.1, 0.15) is 0 Å². The lowest BCUT2D eigenvalue weighted by atomic mass is 10.1. The summed E-state index contributed by atoms with van der Waals surface area (Å²) in [6, 6.07) is 0.141. The minimum atomic E-state index is 0.141. The van der Waals surface area contributed by atoms with E-state index in [0.717, 1.165) is 6.42 Å². The van der Waals surface area contributed by atoms with E-state index in [1.165, 1.54) is 0 Å². The van der Waals surface area contributed by atoms with Crippen molar-refractivity contribution in [3.05, 3.63) is 0 Å². The van der Waals surface area contributed by atoms with Gasteiger partial charge in [0.25, 0.3) is 0 Å². The lowest BCUT2D eigenvalue weighted by Crippen LogP contribution is -2.01. The van der Waals surface area contributed by atoms with Gasteiger partial charge in [0.15, 0.2) is 0 Å². The second kappa shape index (κ2) is 4.28. The average Bonchev–Trinajstić information content (AvgIpc) is 1.63. The Morgan fingerprint density at radius 3 is 2.33 bits per heavy atom.